The molecule has 0 bridgehead atoms. The second kappa shape index (κ2) is 4.08. The fourth-order valence-electron chi connectivity index (χ4n) is 1.31. The van der Waals surface area contributed by atoms with Crippen LogP contribution in [0.4, 0.5) is 5.69 Å². The molecule has 0 saturated heterocycles. The van der Waals surface area contributed by atoms with Gasteiger partial charge in [0.2, 0.25) is 0 Å². The molecule has 0 atom stereocenters. The van der Waals surface area contributed by atoms with Gasteiger partial charge in [-0.1, -0.05) is 0 Å². The Morgan fingerprint density at radius 3 is 3.00 bits per heavy atom. The molecule has 2 aromatic rings. The molecule has 0 aliphatic heterocycles. The van der Waals surface area contributed by atoms with Gasteiger partial charge in [0.05, 0.1) is 24.1 Å². The summed E-state index contributed by atoms with van der Waals surface area (Å²) < 4.78 is 1.76. The van der Waals surface area contributed by atoms with Gasteiger partial charge in [0.1, 0.15) is 5.82 Å². The largest absolute Gasteiger partial charge is 0.377 e. The highest BCUT2D eigenvalue weighted by Gasteiger charge is 1.97. The summed E-state index contributed by atoms with van der Waals surface area (Å²) in [4.78, 5) is 8.34. The van der Waals surface area contributed by atoms with Gasteiger partial charge in [-0.15, -0.1) is 0 Å². The van der Waals surface area contributed by atoms with Gasteiger partial charge in [0, 0.05) is 19.4 Å². The Morgan fingerprint density at radius 1 is 1.47 bits per heavy atom. The minimum atomic E-state index is 0.690. The minimum Gasteiger partial charge on any atom is -0.377 e. The number of aryl methyl sites for hydroxylation is 2. The van der Waals surface area contributed by atoms with Gasteiger partial charge < -0.3 is 5.32 Å². The first-order chi connectivity index (χ1) is 7.24. The second-order valence-corrected chi connectivity index (χ2v) is 3.35. The zero-order chi connectivity index (χ0) is 10.7. The van der Waals surface area contributed by atoms with E-state index in [-0.39, 0.29) is 0 Å². The van der Waals surface area contributed by atoms with Crippen LogP contribution in [0.25, 0.3) is 0 Å². The molecule has 0 unspecified atom stereocenters. The summed E-state index contributed by atoms with van der Waals surface area (Å²) in [7, 11) is 1.89. The third kappa shape index (κ3) is 2.52. The van der Waals surface area contributed by atoms with Crippen LogP contribution in [0.2, 0.25) is 0 Å². The van der Waals surface area contributed by atoms with E-state index in [0.29, 0.717) is 6.54 Å². The Bertz CT molecular complexity index is 449. The fraction of sp³-hybridized carbons (Fsp3) is 0.300. The summed E-state index contributed by atoms with van der Waals surface area (Å²) in [6.07, 6.45) is 5.48. The van der Waals surface area contributed by atoms with Gasteiger partial charge in [-0.05, 0) is 13.0 Å². The maximum Gasteiger partial charge on any atom is 0.125 e. The first-order valence-electron chi connectivity index (χ1n) is 4.75. The predicted molar refractivity (Wildman–Crippen MR) is 57.3 cm³/mol. The number of nitrogens with zero attached hydrogens (tertiary/aromatic N) is 4. The van der Waals surface area contributed by atoms with Crippen LogP contribution >= 0.6 is 0 Å². The van der Waals surface area contributed by atoms with Crippen molar-refractivity contribution >= 4 is 5.69 Å². The topological polar surface area (TPSA) is 55.6 Å². The van der Waals surface area contributed by atoms with Gasteiger partial charge in [-0.25, -0.2) is 9.97 Å². The normalized spacial score (nSPS) is 10.3. The summed E-state index contributed by atoms with van der Waals surface area (Å²) in [5.74, 6) is 0.792. The molecule has 1 N–H and O–H groups in total. The summed E-state index contributed by atoms with van der Waals surface area (Å²) >= 11 is 0. The Labute approximate surface area is 88.2 Å². The molecule has 0 aliphatic rings. The highest BCUT2D eigenvalue weighted by atomic mass is 15.3. The first kappa shape index (κ1) is 9.64. The summed E-state index contributed by atoms with van der Waals surface area (Å²) in [6, 6.07) is 1.90. The lowest BCUT2D eigenvalue weighted by Gasteiger charge is -2.02. The standard InChI is InChI=1S/C10H13N5/c1-8-11-4-3-9(14-8)5-12-10-6-13-15(2)7-10/h3-4,6-7,12H,5H2,1-2H3. The zero-order valence-corrected chi connectivity index (χ0v) is 8.81. The van der Waals surface area contributed by atoms with Crippen molar-refractivity contribution in [3.63, 3.8) is 0 Å². The lowest BCUT2D eigenvalue weighted by molar-refractivity contribution is 0.768. The van der Waals surface area contributed by atoms with E-state index in [2.05, 4.69) is 20.4 Å². The van der Waals surface area contributed by atoms with E-state index in [4.69, 9.17) is 0 Å². The lowest BCUT2D eigenvalue weighted by atomic mass is 10.4. The molecule has 0 aliphatic carbocycles. The van der Waals surface area contributed by atoms with Crippen LogP contribution in [0.1, 0.15) is 11.5 Å². The maximum absolute atomic E-state index is 4.29. The van der Waals surface area contributed by atoms with Gasteiger partial charge in [-0.2, -0.15) is 5.10 Å². The van der Waals surface area contributed by atoms with Gasteiger partial charge in [0.15, 0.2) is 0 Å². The van der Waals surface area contributed by atoms with E-state index in [9.17, 15) is 0 Å². The minimum absolute atomic E-state index is 0.690. The molecular weight excluding hydrogens is 190 g/mol. The molecule has 0 saturated carbocycles. The summed E-state index contributed by atoms with van der Waals surface area (Å²) in [6.45, 7) is 2.57. The van der Waals surface area contributed by atoms with E-state index < -0.39 is 0 Å². The van der Waals surface area contributed by atoms with Crippen LogP contribution in [-0.2, 0) is 13.6 Å². The van der Waals surface area contributed by atoms with E-state index in [1.807, 2.05) is 26.2 Å². The molecule has 0 fully saturated rings. The molecule has 2 aromatic heterocycles. The van der Waals surface area contributed by atoms with E-state index in [1.54, 1.807) is 17.1 Å². The first-order valence-corrected chi connectivity index (χ1v) is 4.75. The number of nitrogens with one attached hydrogen (secondary N) is 1. The van der Waals surface area contributed by atoms with Crippen molar-refractivity contribution in [3.8, 4) is 0 Å². The van der Waals surface area contributed by atoms with Crippen LogP contribution < -0.4 is 5.32 Å². The van der Waals surface area contributed by atoms with E-state index >= 15 is 0 Å². The average molecular weight is 203 g/mol. The summed E-state index contributed by atoms with van der Waals surface area (Å²) in [5, 5.41) is 7.30. The van der Waals surface area contributed by atoms with Gasteiger partial charge >= 0.3 is 0 Å². The fourth-order valence-corrected chi connectivity index (χ4v) is 1.31. The zero-order valence-electron chi connectivity index (χ0n) is 8.81. The number of hydrogen-bond acceptors (Lipinski definition) is 4. The van der Waals surface area contributed by atoms with E-state index in [1.165, 1.54) is 0 Å². The van der Waals surface area contributed by atoms with Crippen molar-refractivity contribution in [2.45, 2.75) is 13.5 Å². The second-order valence-electron chi connectivity index (χ2n) is 3.35. The van der Waals surface area contributed by atoms with Crippen LogP contribution in [0.5, 0.6) is 0 Å². The predicted octanol–water partition coefficient (Wildman–Crippen LogP) is 1.13. The molecule has 2 heterocycles. The molecule has 5 heteroatoms. The number of aromatic nitrogens is 4. The number of rotatable bonds is 3. The Balaban J connectivity index is 1.99. The third-order valence-corrected chi connectivity index (χ3v) is 2.01. The smallest absolute Gasteiger partial charge is 0.125 e. The monoisotopic (exact) mass is 203 g/mol. The molecule has 5 nitrogen and oxygen atoms in total. The van der Waals surface area contributed by atoms with Crippen LogP contribution in [-0.4, -0.2) is 19.7 Å². The van der Waals surface area contributed by atoms with Crippen molar-refractivity contribution in [2.24, 2.45) is 7.05 Å². The number of hydrogen-bond donors (Lipinski definition) is 1. The third-order valence-electron chi connectivity index (χ3n) is 2.01. The van der Waals surface area contributed by atoms with Crippen LogP contribution in [0.3, 0.4) is 0 Å². The molecule has 0 aromatic carbocycles. The molecule has 15 heavy (non-hydrogen) atoms. The SMILES string of the molecule is Cc1nccc(CNc2cnn(C)c2)n1. The van der Waals surface area contributed by atoms with Gasteiger partial charge in [-0.3, -0.25) is 4.68 Å². The molecule has 0 radical (unpaired) electrons. The van der Waals surface area contributed by atoms with Crippen molar-refractivity contribution in [2.75, 3.05) is 5.32 Å². The Hall–Kier alpha value is -1.91. The maximum atomic E-state index is 4.29. The highest BCUT2D eigenvalue weighted by Crippen LogP contribution is 2.05. The highest BCUT2D eigenvalue weighted by molar-refractivity contribution is 5.38. The van der Waals surface area contributed by atoms with Crippen molar-refractivity contribution in [3.05, 3.63) is 36.2 Å². The molecule has 0 spiro atoms. The van der Waals surface area contributed by atoms with E-state index in [0.717, 1.165) is 17.2 Å². The van der Waals surface area contributed by atoms with Crippen LogP contribution in [0.15, 0.2) is 24.7 Å². The average Bonchev–Trinajstić information content (AvgIpc) is 2.62. The van der Waals surface area contributed by atoms with Crippen molar-refractivity contribution in [1.29, 1.82) is 0 Å². The lowest BCUT2D eigenvalue weighted by Crippen LogP contribution is -2.02. The Kier molecular flexibility index (Phi) is 2.62. The quantitative estimate of drug-likeness (QED) is 0.812. The molecular formula is C10H13N5. The molecule has 78 valence electrons. The molecule has 0 amide bonds. The van der Waals surface area contributed by atoms with Crippen molar-refractivity contribution in [1.82, 2.24) is 19.7 Å². The van der Waals surface area contributed by atoms with Gasteiger partial charge in [0.25, 0.3) is 0 Å². The summed E-state index contributed by atoms with van der Waals surface area (Å²) in [5.41, 5.74) is 1.97. The van der Waals surface area contributed by atoms with Crippen LogP contribution in [0, 0.1) is 6.92 Å². The van der Waals surface area contributed by atoms with Crippen molar-refractivity contribution < 1.29 is 0 Å². The Morgan fingerprint density at radius 2 is 2.33 bits per heavy atom. The number of anilines is 1. The molecule has 2 rings (SSSR count).